The first-order valence-corrected chi connectivity index (χ1v) is 9.27. The number of hydrogen-bond acceptors (Lipinski definition) is 3. The van der Waals surface area contributed by atoms with Crippen molar-refractivity contribution in [2.45, 2.75) is 45.6 Å². The number of rotatable bonds is 5. The molecule has 134 valence electrons. The molecule has 0 atom stereocenters. The van der Waals surface area contributed by atoms with E-state index >= 15 is 0 Å². The van der Waals surface area contributed by atoms with Crippen molar-refractivity contribution < 1.29 is 0 Å². The number of nitrogens with zero attached hydrogens (tertiary/aromatic N) is 4. The maximum absolute atomic E-state index is 4.90. The van der Waals surface area contributed by atoms with Crippen molar-refractivity contribution in [1.29, 1.82) is 0 Å². The Hall–Kier alpha value is -2.37. The zero-order valence-corrected chi connectivity index (χ0v) is 15.2. The fraction of sp³-hybridized carbons (Fsp3) is 0.526. The lowest BCUT2D eigenvalue weighted by Crippen LogP contribution is -2.45. The Bertz CT molecular complexity index is 671. The molecule has 1 aromatic carbocycles. The Morgan fingerprint density at radius 3 is 2.64 bits per heavy atom. The third-order valence-corrected chi connectivity index (χ3v) is 4.85. The Morgan fingerprint density at radius 2 is 2.00 bits per heavy atom. The molecule has 3 rings (SSSR count). The zero-order valence-electron chi connectivity index (χ0n) is 15.2. The van der Waals surface area contributed by atoms with Crippen LogP contribution in [0.3, 0.4) is 0 Å². The topological polar surface area (TPSA) is 69.2 Å². The minimum atomic E-state index is 0.474. The second-order valence-corrected chi connectivity index (χ2v) is 6.42. The molecule has 2 N–H and O–H groups in total. The van der Waals surface area contributed by atoms with Crippen LogP contribution in [0.4, 0.5) is 0 Å². The van der Waals surface area contributed by atoms with E-state index in [9.17, 15) is 0 Å². The molecular weight excluding hydrogens is 312 g/mol. The second kappa shape index (κ2) is 8.65. The minimum absolute atomic E-state index is 0.474. The molecule has 1 aliphatic rings. The summed E-state index contributed by atoms with van der Waals surface area (Å²) in [4.78, 5) is 11.6. The molecule has 0 saturated carbocycles. The lowest BCUT2D eigenvalue weighted by Gasteiger charge is -2.33. The van der Waals surface area contributed by atoms with Crippen LogP contribution in [0.25, 0.3) is 0 Å². The Balaban J connectivity index is 1.65. The molecule has 0 amide bonds. The number of H-pyrrole nitrogens is 1. The molecule has 1 aliphatic heterocycles. The van der Waals surface area contributed by atoms with Gasteiger partial charge >= 0.3 is 0 Å². The first kappa shape index (κ1) is 17.5. The Kier molecular flexibility index (Phi) is 6.04. The third-order valence-electron chi connectivity index (χ3n) is 4.85. The number of aromatic amines is 1. The quantitative estimate of drug-likeness (QED) is 0.649. The van der Waals surface area contributed by atoms with Crippen molar-refractivity contribution in [3.8, 4) is 0 Å². The average Bonchev–Trinajstić information content (AvgIpc) is 3.20. The van der Waals surface area contributed by atoms with Crippen LogP contribution in [-0.2, 0) is 13.0 Å². The summed E-state index contributed by atoms with van der Waals surface area (Å²) in [6.07, 6.45) is 4.79. The molecule has 0 aliphatic carbocycles. The first-order valence-electron chi connectivity index (χ1n) is 9.27. The molecule has 0 radical (unpaired) electrons. The maximum Gasteiger partial charge on any atom is 0.194 e. The monoisotopic (exact) mass is 340 g/mol. The number of likely N-dealkylation sites (tertiary alicyclic amines) is 1. The molecule has 1 aromatic heterocycles. The molecule has 2 heterocycles. The van der Waals surface area contributed by atoms with E-state index in [4.69, 9.17) is 4.99 Å². The molecule has 0 bridgehead atoms. The van der Waals surface area contributed by atoms with E-state index in [2.05, 4.69) is 63.5 Å². The molecule has 25 heavy (non-hydrogen) atoms. The van der Waals surface area contributed by atoms with Gasteiger partial charge in [0.05, 0.1) is 6.54 Å². The molecule has 1 fully saturated rings. The van der Waals surface area contributed by atoms with Crippen LogP contribution in [0.15, 0.2) is 35.6 Å². The van der Waals surface area contributed by atoms with Gasteiger partial charge in [-0.3, -0.25) is 5.10 Å². The van der Waals surface area contributed by atoms with Gasteiger partial charge in [-0.2, -0.15) is 5.10 Å². The van der Waals surface area contributed by atoms with Crippen molar-refractivity contribution in [3.63, 3.8) is 0 Å². The lowest BCUT2D eigenvalue weighted by molar-refractivity contribution is 0.299. The lowest BCUT2D eigenvalue weighted by atomic mass is 9.96. The fourth-order valence-corrected chi connectivity index (χ4v) is 3.42. The van der Waals surface area contributed by atoms with Gasteiger partial charge in [0.2, 0.25) is 0 Å². The fourth-order valence-electron chi connectivity index (χ4n) is 3.42. The van der Waals surface area contributed by atoms with Gasteiger partial charge in [0.25, 0.3) is 0 Å². The van der Waals surface area contributed by atoms with E-state index in [0.717, 1.165) is 57.2 Å². The van der Waals surface area contributed by atoms with Crippen LogP contribution in [0, 0.1) is 0 Å². The van der Waals surface area contributed by atoms with Crippen LogP contribution in [0.5, 0.6) is 0 Å². The molecule has 0 spiro atoms. The summed E-state index contributed by atoms with van der Waals surface area (Å²) < 4.78 is 0. The molecule has 0 unspecified atom stereocenters. The molecule has 6 nitrogen and oxygen atoms in total. The molecule has 2 aromatic rings. The summed E-state index contributed by atoms with van der Waals surface area (Å²) in [6.45, 7) is 7.92. The number of aryl methyl sites for hydroxylation is 1. The van der Waals surface area contributed by atoms with Crippen LogP contribution in [0.2, 0.25) is 0 Å². The van der Waals surface area contributed by atoms with Crippen LogP contribution in [-0.4, -0.2) is 45.7 Å². The van der Waals surface area contributed by atoms with Crippen molar-refractivity contribution in [2.24, 2.45) is 4.99 Å². The van der Waals surface area contributed by atoms with E-state index < -0.39 is 0 Å². The molecule has 1 saturated heterocycles. The number of aliphatic imine (C=N–C) groups is 1. The smallest absolute Gasteiger partial charge is 0.194 e. The van der Waals surface area contributed by atoms with Crippen molar-refractivity contribution in [3.05, 3.63) is 47.5 Å². The molecule has 6 heteroatoms. The van der Waals surface area contributed by atoms with E-state index in [0.29, 0.717) is 5.92 Å². The summed E-state index contributed by atoms with van der Waals surface area (Å²) in [5, 5.41) is 10.4. The maximum atomic E-state index is 4.90. The highest BCUT2D eigenvalue weighted by molar-refractivity contribution is 5.80. The van der Waals surface area contributed by atoms with Gasteiger partial charge in [0.1, 0.15) is 12.2 Å². The number of hydrogen-bond donors (Lipinski definition) is 2. The number of nitrogens with one attached hydrogen (secondary N) is 2. The van der Waals surface area contributed by atoms with Gasteiger partial charge < -0.3 is 10.2 Å². The predicted molar refractivity (Wildman–Crippen MR) is 101 cm³/mol. The largest absolute Gasteiger partial charge is 0.357 e. The SMILES string of the molecule is CCNC(=NCc1ccccc1CC)N1CCC(c2ncn[nH]2)CC1. The van der Waals surface area contributed by atoms with Gasteiger partial charge in [0.15, 0.2) is 5.96 Å². The van der Waals surface area contributed by atoms with Crippen LogP contribution < -0.4 is 5.32 Å². The predicted octanol–water partition coefficient (Wildman–Crippen LogP) is 2.71. The highest BCUT2D eigenvalue weighted by Gasteiger charge is 2.24. The number of benzene rings is 1. The summed E-state index contributed by atoms with van der Waals surface area (Å²) in [7, 11) is 0. The van der Waals surface area contributed by atoms with Crippen LogP contribution >= 0.6 is 0 Å². The number of guanidine groups is 1. The van der Waals surface area contributed by atoms with E-state index in [-0.39, 0.29) is 0 Å². The van der Waals surface area contributed by atoms with Crippen molar-refractivity contribution >= 4 is 5.96 Å². The van der Waals surface area contributed by atoms with Gasteiger partial charge in [-0.25, -0.2) is 9.98 Å². The summed E-state index contributed by atoms with van der Waals surface area (Å²) in [5.74, 6) is 2.50. The first-order chi connectivity index (χ1) is 12.3. The number of aromatic nitrogens is 3. The second-order valence-electron chi connectivity index (χ2n) is 6.42. The standard InChI is InChI=1S/C19H28N6/c1-3-15-7-5-6-8-17(15)13-21-19(20-4-2)25-11-9-16(10-12-25)18-22-14-23-24-18/h5-8,14,16H,3-4,9-13H2,1-2H3,(H,20,21)(H,22,23,24). The van der Waals surface area contributed by atoms with Gasteiger partial charge in [-0.1, -0.05) is 31.2 Å². The van der Waals surface area contributed by atoms with Crippen molar-refractivity contribution in [2.75, 3.05) is 19.6 Å². The van der Waals surface area contributed by atoms with Crippen molar-refractivity contribution in [1.82, 2.24) is 25.4 Å². The Morgan fingerprint density at radius 1 is 1.24 bits per heavy atom. The summed E-state index contributed by atoms with van der Waals surface area (Å²) in [6, 6.07) is 8.58. The summed E-state index contributed by atoms with van der Waals surface area (Å²) in [5.41, 5.74) is 2.70. The summed E-state index contributed by atoms with van der Waals surface area (Å²) >= 11 is 0. The third kappa shape index (κ3) is 4.38. The van der Waals surface area contributed by atoms with E-state index in [1.54, 1.807) is 6.33 Å². The van der Waals surface area contributed by atoms with Gasteiger partial charge in [-0.15, -0.1) is 0 Å². The highest BCUT2D eigenvalue weighted by atomic mass is 15.3. The Labute approximate surface area is 149 Å². The zero-order chi connectivity index (χ0) is 17.5. The molecular formula is C19H28N6. The van der Waals surface area contributed by atoms with Gasteiger partial charge in [-0.05, 0) is 37.3 Å². The van der Waals surface area contributed by atoms with E-state index in [1.807, 2.05) is 0 Å². The van der Waals surface area contributed by atoms with Crippen LogP contribution in [0.1, 0.15) is 49.6 Å². The van der Waals surface area contributed by atoms with E-state index in [1.165, 1.54) is 11.1 Å². The average molecular weight is 340 g/mol. The highest BCUT2D eigenvalue weighted by Crippen LogP contribution is 2.25. The van der Waals surface area contributed by atoms with Gasteiger partial charge in [0, 0.05) is 25.6 Å². The number of piperidine rings is 1. The normalized spacial score (nSPS) is 16.2. The minimum Gasteiger partial charge on any atom is -0.357 e.